The van der Waals surface area contributed by atoms with E-state index in [9.17, 15) is 9.59 Å². The number of carbonyl (C=O) groups is 2. The van der Waals surface area contributed by atoms with Gasteiger partial charge in [-0.15, -0.1) is 0 Å². The van der Waals surface area contributed by atoms with Crippen molar-refractivity contribution >= 4 is 11.9 Å². The summed E-state index contributed by atoms with van der Waals surface area (Å²) in [4.78, 5) is 26.3. The molecule has 5 heteroatoms. The molecule has 2 N–H and O–H groups in total. The molecule has 2 aliphatic heterocycles. The number of likely N-dealkylation sites (tertiary alicyclic amines) is 1. The summed E-state index contributed by atoms with van der Waals surface area (Å²) in [6, 6.07) is 0.367. The molecular weight excluding hydrogens is 256 g/mol. The fourth-order valence-electron chi connectivity index (χ4n) is 3.92. The van der Waals surface area contributed by atoms with Crippen molar-refractivity contribution in [2.75, 3.05) is 6.61 Å². The first-order valence-electron chi connectivity index (χ1n) is 7.41. The predicted octanol–water partition coefficient (Wildman–Crippen LogP) is 1.33. The molecule has 1 aliphatic carbocycles. The van der Waals surface area contributed by atoms with Crippen LogP contribution < -0.4 is 5.73 Å². The van der Waals surface area contributed by atoms with E-state index in [0.717, 1.165) is 37.8 Å². The van der Waals surface area contributed by atoms with Crippen LogP contribution in [0.25, 0.3) is 0 Å². The van der Waals surface area contributed by atoms with Gasteiger partial charge in [-0.2, -0.15) is 0 Å². The van der Waals surface area contributed by atoms with Crippen LogP contribution in [0, 0.1) is 5.41 Å². The minimum Gasteiger partial charge on any atom is -0.456 e. The second-order valence-corrected chi connectivity index (χ2v) is 6.49. The molecule has 0 aromatic rings. The smallest absolute Gasteiger partial charge is 0.336 e. The minimum absolute atomic E-state index is 0.135. The number of rotatable bonds is 1. The van der Waals surface area contributed by atoms with Crippen LogP contribution in [0.15, 0.2) is 11.3 Å². The van der Waals surface area contributed by atoms with Crippen LogP contribution in [-0.4, -0.2) is 35.5 Å². The lowest BCUT2D eigenvalue weighted by atomic mass is 9.71. The van der Waals surface area contributed by atoms with Gasteiger partial charge in [-0.05, 0) is 46.0 Å². The standard InChI is InChI=1S/C15H22N2O3/c1-9-7-15(5-3-11(16)4-6-15)14(19)17(9)12-8-20-13(18)10(12)2/h9,11H,3-8,16H2,1-2H3/t9-,11?,15?/m0/s1. The van der Waals surface area contributed by atoms with Gasteiger partial charge in [0.1, 0.15) is 6.61 Å². The quantitative estimate of drug-likeness (QED) is 0.734. The summed E-state index contributed by atoms with van der Waals surface area (Å²) in [6.45, 7) is 4.03. The van der Waals surface area contributed by atoms with Crippen molar-refractivity contribution in [2.24, 2.45) is 11.1 Å². The van der Waals surface area contributed by atoms with Gasteiger partial charge in [0.15, 0.2) is 0 Å². The zero-order chi connectivity index (χ0) is 14.5. The molecule has 1 amide bonds. The van der Waals surface area contributed by atoms with E-state index in [-0.39, 0.29) is 36.0 Å². The third-order valence-electron chi connectivity index (χ3n) is 5.16. The van der Waals surface area contributed by atoms with Crippen molar-refractivity contribution in [1.82, 2.24) is 4.90 Å². The number of nitrogens with zero attached hydrogens (tertiary/aromatic N) is 1. The van der Waals surface area contributed by atoms with Gasteiger partial charge < -0.3 is 15.4 Å². The Hall–Kier alpha value is -1.36. The van der Waals surface area contributed by atoms with Crippen LogP contribution in [0.5, 0.6) is 0 Å². The maximum Gasteiger partial charge on any atom is 0.336 e. The SMILES string of the molecule is CC1=C(N2C(=O)C3(CCC(N)CC3)C[C@@H]2C)COC1=O. The molecule has 5 nitrogen and oxygen atoms in total. The Labute approximate surface area is 119 Å². The van der Waals surface area contributed by atoms with Crippen LogP contribution in [0.3, 0.4) is 0 Å². The third kappa shape index (κ3) is 1.87. The summed E-state index contributed by atoms with van der Waals surface area (Å²) in [6.07, 6.45) is 4.44. The maximum absolute atomic E-state index is 12.9. The van der Waals surface area contributed by atoms with Crippen molar-refractivity contribution in [3.8, 4) is 0 Å². The van der Waals surface area contributed by atoms with Crippen molar-refractivity contribution < 1.29 is 14.3 Å². The fraction of sp³-hybridized carbons (Fsp3) is 0.733. The van der Waals surface area contributed by atoms with Crippen LogP contribution in [0.2, 0.25) is 0 Å². The van der Waals surface area contributed by atoms with Gasteiger partial charge in [0.05, 0.1) is 16.7 Å². The maximum atomic E-state index is 12.9. The monoisotopic (exact) mass is 278 g/mol. The molecule has 1 spiro atoms. The van der Waals surface area contributed by atoms with E-state index in [1.807, 2.05) is 4.90 Å². The second-order valence-electron chi connectivity index (χ2n) is 6.49. The van der Waals surface area contributed by atoms with Gasteiger partial charge in [0, 0.05) is 12.1 Å². The number of hydrogen-bond acceptors (Lipinski definition) is 4. The van der Waals surface area contributed by atoms with Gasteiger partial charge in [0.25, 0.3) is 0 Å². The molecule has 110 valence electrons. The summed E-state index contributed by atoms with van der Waals surface area (Å²) in [7, 11) is 0. The summed E-state index contributed by atoms with van der Waals surface area (Å²) >= 11 is 0. The molecule has 1 saturated carbocycles. The van der Waals surface area contributed by atoms with E-state index in [1.165, 1.54) is 0 Å². The van der Waals surface area contributed by atoms with Crippen molar-refractivity contribution in [3.05, 3.63) is 11.3 Å². The number of nitrogens with two attached hydrogens (primary N) is 1. The van der Waals surface area contributed by atoms with Gasteiger partial charge >= 0.3 is 5.97 Å². The molecule has 1 saturated heterocycles. The Morgan fingerprint density at radius 1 is 1.30 bits per heavy atom. The number of amides is 1. The number of cyclic esters (lactones) is 1. The van der Waals surface area contributed by atoms with Crippen LogP contribution in [0.4, 0.5) is 0 Å². The molecule has 3 rings (SSSR count). The predicted molar refractivity (Wildman–Crippen MR) is 73.5 cm³/mol. The second kappa shape index (κ2) is 4.58. The topological polar surface area (TPSA) is 72.6 Å². The first-order valence-corrected chi connectivity index (χ1v) is 7.41. The number of hydrogen-bond donors (Lipinski definition) is 1. The molecule has 0 aromatic heterocycles. The van der Waals surface area contributed by atoms with E-state index < -0.39 is 0 Å². The molecule has 20 heavy (non-hydrogen) atoms. The van der Waals surface area contributed by atoms with Crippen LogP contribution >= 0.6 is 0 Å². The lowest BCUT2D eigenvalue weighted by Gasteiger charge is -2.34. The highest BCUT2D eigenvalue weighted by Crippen LogP contribution is 2.48. The number of ether oxygens (including phenoxy) is 1. The molecule has 0 bridgehead atoms. The fourth-order valence-corrected chi connectivity index (χ4v) is 3.92. The number of esters is 1. The molecular formula is C15H22N2O3. The highest BCUT2D eigenvalue weighted by Gasteiger charge is 2.52. The third-order valence-corrected chi connectivity index (χ3v) is 5.16. The molecule has 0 unspecified atom stereocenters. The normalized spacial score (nSPS) is 38.0. The number of carbonyl (C=O) groups excluding carboxylic acids is 2. The van der Waals surface area contributed by atoms with E-state index in [2.05, 4.69) is 6.92 Å². The van der Waals surface area contributed by atoms with Gasteiger partial charge in [0.2, 0.25) is 5.91 Å². The minimum atomic E-state index is -0.299. The lowest BCUT2D eigenvalue weighted by molar-refractivity contribution is -0.138. The van der Waals surface area contributed by atoms with E-state index in [1.54, 1.807) is 6.92 Å². The van der Waals surface area contributed by atoms with E-state index in [4.69, 9.17) is 10.5 Å². The van der Waals surface area contributed by atoms with Crippen LogP contribution in [0.1, 0.15) is 46.0 Å². The Morgan fingerprint density at radius 2 is 1.95 bits per heavy atom. The average molecular weight is 278 g/mol. The molecule has 0 radical (unpaired) electrons. The van der Waals surface area contributed by atoms with E-state index >= 15 is 0 Å². The Kier molecular flexibility index (Phi) is 3.12. The van der Waals surface area contributed by atoms with Crippen LogP contribution in [-0.2, 0) is 14.3 Å². The van der Waals surface area contributed by atoms with E-state index in [0.29, 0.717) is 5.57 Å². The molecule has 3 aliphatic rings. The molecule has 1 atom stereocenters. The summed E-state index contributed by atoms with van der Waals surface area (Å²) in [5.74, 6) is -0.129. The Morgan fingerprint density at radius 3 is 2.50 bits per heavy atom. The first kappa shape index (κ1) is 13.6. The average Bonchev–Trinajstić information content (AvgIpc) is 2.85. The van der Waals surface area contributed by atoms with Crippen molar-refractivity contribution in [3.63, 3.8) is 0 Å². The van der Waals surface area contributed by atoms with Gasteiger partial charge in [-0.25, -0.2) is 4.79 Å². The Bertz CT molecular complexity index is 489. The Balaban J connectivity index is 1.88. The lowest BCUT2D eigenvalue weighted by Crippen LogP contribution is -2.40. The summed E-state index contributed by atoms with van der Waals surface area (Å²) < 4.78 is 5.05. The van der Waals surface area contributed by atoms with Crippen molar-refractivity contribution in [2.45, 2.75) is 58.0 Å². The highest BCUT2D eigenvalue weighted by molar-refractivity contribution is 5.94. The van der Waals surface area contributed by atoms with Gasteiger partial charge in [-0.1, -0.05) is 0 Å². The highest BCUT2D eigenvalue weighted by atomic mass is 16.5. The summed E-state index contributed by atoms with van der Waals surface area (Å²) in [5.41, 5.74) is 7.05. The van der Waals surface area contributed by atoms with Gasteiger partial charge in [-0.3, -0.25) is 4.79 Å². The van der Waals surface area contributed by atoms with Crippen molar-refractivity contribution in [1.29, 1.82) is 0 Å². The summed E-state index contributed by atoms with van der Waals surface area (Å²) in [5, 5.41) is 0. The zero-order valence-corrected chi connectivity index (χ0v) is 12.1. The zero-order valence-electron chi connectivity index (χ0n) is 12.1. The molecule has 2 fully saturated rings. The largest absolute Gasteiger partial charge is 0.456 e. The molecule has 0 aromatic carbocycles. The first-order chi connectivity index (χ1) is 9.44. The molecule has 2 heterocycles.